The number of anilines is 1. The van der Waals surface area contributed by atoms with Crippen LogP contribution in [-0.2, 0) is 25.5 Å². The number of aromatic nitrogens is 1. The summed E-state index contributed by atoms with van der Waals surface area (Å²) in [5, 5.41) is 2.81. The van der Waals surface area contributed by atoms with Crippen molar-refractivity contribution in [2.45, 2.75) is 38.0 Å². The van der Waals surface area contributed by atoms with Crippen molar-refractivity contribution in [3.05, 3.63) is 47.0 Å². The maximum atomic E-state index is 12.7. The number of β-lactam (4-membered cyclic amide) rings is 1. The minimum absolute atomic E-state index is 0.0124. The van der Waals surface area contributed by atoms with Gasteiger partial charge in [0.15, 0.2) is 11.2 Å². The fourth-order valence-corrected chi connectivity index (χ4v) is 4.05. The molecule has 3 atom stereocenters. The van der Waals surface area contributed by atoms with E-state index in [-0.39, 0.29) is 18.0 Å². The zero-order valence-electron chi connectivity index (χ0n) is 17.2. The molecule has 3 N–H and O–H groups in total. The normalized spacial score (nSPS) is 18.9. The lowest BCUT2D eigenvalue weighted by atomic mass is 9.83. The van der Waals surface area contributed by atoms with Crippen LogP contribution in [0.2, 0.25) is 0 Å². The van der Waals surface area contributed by atoms with Crippen LogP contribution in [0.3, 0.4) is 0 Å². The summed E-state index contributed by atoms with van der Waals surface area (Å²) in [6.45, 7) is 1.63. The van der Waals surface area contributed by atoms with Crippen molar-refractivity contribution in [3.63, 3.8) is 0 Å². The highest BCUT2D eigenvalue weighted by atomic mass is 32.1. The minimum atomic E-state index is -5.41. The molecule has 2 heterocycles. The number of hydrogen-bond acceptors (Lipinski definition) is 8. The minimum Gasteiger partial charge on any atom is -0.385 e. The third-order valence-corrected chi connectivity index (χ3v) is 5.90. The number of amides is 3. The fourth-order valence-electron chi connectivity index (χ4n) is 3.35. The smallest absolute Gasteiger partial charge is 0.385 e. The van der Waals surface area contributed by atoms with Gasteiger partial charge in [-0.2, -0.15) is 13.2 Å². The van der Waals surface area contributed by atoms with E-state index in [1.807, 2.05) is 0 Å². The first-order valence-electron chi connectivity index (χ1n) is 9.70. The Hall–Kier alpha value is -3.48. The summed E-state index contributed by atoms with van der Waals surface area (Å²) >= 11 is 1.15. The van der Waals surface area contributed by atoms with Gasteiger partial charge < -0.3 is 15.8 Å². The fraction of sp³-hybridized carbons (Fsp3) is 0.350. The number of esters is 2. The number of nitrogens with two attached hydrogens (primary N) is 1. The number of nitrogens with zero attached hydrogens (tertiary/aromatic N) is 2. The van der Waals surface area contributed by atoms with E-state index in [1.54, 1.807) is 37.3 Å². The highest BCUT2D eigenvalue weighted by molar-refractivity contribution is 7.15. The van der Waals surface area contributed by atoms with Crippen molar-refractivity contribution in [1.29, 1.82) is 0 Å². The third-order valence-electron chi connectivity index (χ3n) is 5.01. The number of aryl methyl sites for hydroxylation is 1. The zero-order valence-corrected chi connectivity index (χ0v) is 18.0. The molecule has 1 fully saturated rings. The van der Waals surface area contributed by atoms with Gasteiger partial charge in [-0.25, -0.2) is 24.3 Å². The Morgan fingerprint density at radius 1 is 1.27 bits per heavy atom. The van der Waals surface area contributed by atoms with Gasteiger partial charge in [-0.1, -0.05) is 30.3 Å². The quantitative estimate of drug-likeness (QED) is 0.366. The highest BCUT2D eigenvalue weighted by Gasteiger charge is 2.56. The van der Waals surface area contributed by atoms with Crippen molar-refractivity contribution in [2.24, 2.45) is 5.92 Å². The molecule has 1 aliphatic rings. The van der Waals surface area contributed by atoms with E-state index in [0.29, 0.717) is 15.3 Å². The number of alkyl halides is 3. The van der Waals surface area contributed by atoms with Gasteiger partial charge in [-0.05, 0) is 25.3 Å². The van der Waals surface area contributed by atoms with E-state index in [2.05, 4.69) is 15.0 Å². The summed E-state index contributed by atoms with van der Waals surface area (Å²) in [7, 11) is 0. The van der Waals surface area contributed by atoms with Crippen LogP contribution in [0.15, 0.2) is 36.5 Å². The Morgan fingerprint density at radius 3 is 2.52 bits per heavy atom. The van der Waals surface area contributed by atoms with Crippen LogP contribution in [-0.4, -0.2) is 46.0 Å². The van der Waals surface area contributed by atoms with Crippen LogP contribution in [0.5, 0.6) is 0 Å². The number of carbonyl (C=O) groups excluding carboxylic acids is 4. The number of urea groups is 1. The van der Waals surface area contributed by atoms with E-state index < -0.39 is 48.1 Å². The Kier molecular flexibility index (Phi) is 7.01. The van der Waals surface area contributed by atoms with Gasteiger partial charge in [-0.3, -0.25) is 4.79 Å². The molecule has 9 nitrogen and oxygen atoms in total. The van der Waals surface area contributed by atoms with Crippen LogP contribution in [0.1, 0.15) is 29.8 Å². The number of likely N-dealkylation sites (tertiary alicyclic amines) is 1. The molecule has 0 aliphatic carbocycles. The lowest BCUT2D eigenvalue weighted by Crippen LogP contribution is -2.68. The number of thiazole rings is 1. The Labute approximate surface area is 189 Å². The Bertz CT molecular complexity index is 1060. The van der Waals surface area contributed by atoms with Gasteiger partial charge in [-0.15, -0.1) is 11.3 Å². The molecular formula is C20H19F3N4O5S. The van der Waals surface area contributed by atoms with E-state index in [1.165, 1.54) is 6.20 Å². The molecule has 176 valence electrons. The molecule has 2 aromatic rings. The van der Waals surface area contributed by atoms with E-state index >= 15 is 0 Å². The van der Waals surface area contributed by atoms with E-state index in [4.69, 9.17) is 5.73 Å². The van der Waals surface area contributed by atoms with Crippen molar-refractivity contribution in [3.8, 4) is 0 Å². The second-order valence-corrected chi connectivity index (χ2v) is 8.40. The summed E-state index contributed by atoms with van der Waals surface area (Å²) in [6, 6.07) is 5.44. The average molecular weight is 484 g/mol. The summed E-state index contributed by atoms with van der Waals surface area (Å²) in [6.07, 6.45) is -3.69. The van der Waals surface area contributed by atoms with Crippen molar-refractivity contribution < 1.29 is 37.1 Å². The molecule has 1 aromatic heterocycles. The molecule has 33 heavy (non-hydrogen) atoms. The van der Waals surface area contributed by atoms with Gasteiger partial charge in [0.25, 0.3) is 0 Å². The molecule has 1 aliphatic heterocycles. The predicted octanol–water partition coefficient (Wildman–Crippen LogP) is 2.59. The van der Waals surface area contributed by atoms with Gasteiger partial charge in [0, 0.05) is 11.1 Å². The molecule has 2 unspecified atom stereocenters. The first-order chi connectivity index (χ1) is 15.5. The van der Waals surface area contributed by atoms with Crippen LogP contribution >= 0.6 is 11.3 Å². The maximum Gasteiger partial charge on any atom is 0.491 e. The SMILES string of the molecule is C[C@@H](NC(=O)N1C(=O)C(CCc2cnc(N)s2)C1C(=O)OC(=O)C(F)(F)F)c1ccccc1. The lowest BCUT2D eigenvalue weighted by molar-refractivity contribution is -0.205. The lowest BCUT2D eigenvalue weighted by Gasteiger charge is -2.43. The molecule has 0 bridgehead atoms. The second-order valence-electron chi connectivity index (χ2n) is 7.25. The van der Waals surface area contributed by atoms with E-state index in [0.717, 1.165) is 11.3 Å². The first kappa shape index (κ1) is 24.2. The molecular weight excluding hydrogens is 465 g/mol. The number of ether oxygens (including phenoxy) is 1. The van der Waals surface area contributed by atoms with Crippen LogP contribution < -0.4 is 11.1 Å². The second kappa shape index (κ2) is 9.57. The Balaban J connectivity index is 1.75. The predicted molar refractivity (Wildman–Crippen MR) is 110 cm³/mol. The number of hydrogen-bond donors (Lipinski definition) is 2. The summed E-state index contributed by atoms with van der Waals surface area (Å²) in [5.41, 5.74) is 6.25. The molecule has 1 saturated heterocycles. The molecule has 1 aromatic carbocycles. The van der Waals surface area contributed by atoms with Crippen molar-refractivity contribution >= 4 is 40.3 Å². The van der Waals surface area contributed by atoms with Gasteiger partial charge in [0.2, 0.25) is 5.91 Å². The number of rotatable bonds is 6. The molecule has 0 radical (unpaired) electrons. The topological polar surface area (TPSA) is 132 Å². The van der Waals surface area contributed by atoms with Crippen LogP contribution in [0, 0.1) is 5.92 Å². The van der Waals surface area contributed by atoms with Gasteiger partial charge in [0.1, 0.15) is 0 Å². The first-order valence-corrected chi connectivity index (χ1v) is 10.5. The van der Waals surface area contributed by atoms with Gasteiger partial charge in [0.05, 0.1) is 12.0 Å². The van der Waals surface area contributed by atoms with Crippen molar-refractivity contribution in [1.82, 2.24) is 15.2 Å². The summed E-state index contributed by atoms with van der Waals surface area (Å²) < 4.78 is 41.6. The summed E-state index contributed by atoms with van der Waals surface area (Å²) in [5.74, 6) is -6.28. The Morgan fingerprint density at radius 2 is 1.94 bits per heavy atom. The third kappa shape index (κ3) is 5.48. The maximum absolute atomic E-state index is 12.7. The molecule has 0 saturated carbocycles. The highest BCUT2D eigenvalue weighted by Crippen LogP contribution is 2.34. The standard InChI is InChI=1S/C20H19F3N4O5S/c1-10(11-5-3-2-4-6-11)26-19(31)27-14(16(29)32-17(30)20(21,22)23)13(15(27)28)8-7-12-9-25-18(24)33-12/h2-6,9-10,13-14H,7-8H2,1H3,(H2,24,25)(H,26,31)/t10-,13?,14?/m1/s1. The molecule has 3 rings (SSSR count). The van der Waals surface area contributed by atoms with E-state index in [9.17, 15) is 32.3 Å². The number of halogens is 3. The monoisotopic (exact) mass is 484 g/mol. The molecule has 13 heteroatoms. The number of benzene rings is 1. The summed E-state index contributed by atoms with van der Waals surface area (Å²) in [4.78, 5) is 53.9. The number of nitrogen functional groups attached to an aromatic ring is 1. The zero-order chi connectivity index (χ0) is 24.3. The van der Waals surface area contributed by atoms with Crippen molar-refractivity contribution in [2.75, 3.05) is 5.73 Å². The largest absolute Gasteiger partial charge is 0.491 e. The number of imide groups is 1. The molecule has 3 amide bonds. The number of nitrogens with one attached hydrogen (secondary N) is 1. The van der Waals surface area contributed by atoms with Gasteiger partial charge >= 0.3 is 24.1 Å². The van der Waals surface area contributed by atoms with Crippen LogP contribution in [0.4, 0.5) is 23.1 Å². The average Bonchev–Trinajstić information content (AvgIpc) is 3.16. The number of carbonyl (C=O) groups is 4. The molecule has 0 spiro atoms. The van der Waals surface area contributed by atoms with Crippen LogP contribution in [0.25, 0.3) is 0 Å².